The molecule has 4 aromatic rings. The van der Waals surface area contributed by atoms with Gasteiger partial charge in [0.2, 0.25) is 11.8 Å². The summed E-state index contributed by atoms with van der Waals surface area (Å²) in [5, 5.41) is 8.60. The number of carbonyl (C=O) groups is 4. The standard InChI is InChI=1S/C42H55N8O8Si/c1-25(2)35(48-41(53)55-3)40(52)50-18-8-11-34(50)38-44-23-32(46-38)28-9-7-10-30(21-28)58-29-14-12-26(13-15-29)31-22-43-37(45-31)33(24-59(5)6)47-39(51)36(49-42(54)56-4)27-16-19-57-20-17-27/h7,9-10,12-15,21-23,25,27,33-36H,8,11,16-20,24H2,1-6H3,(H,43,45)(H,44,46)(H,47,51)(H,48,53)(H,49,54). The summed E-state index contributed by atoms with van der Waals surface area (Å²) in [6.45, 7) is 9.79. The first-order valence-corrected chi connectivity index (χ1v) is 22.8. The van der Waals surface area contributed by atoms with E-state index in [-0.39, 0.29) is 35.7 Å². The SMILES string of the molecule is COC(=O)NC(C(=O)N1CCCC1c1ncc(-c2cccc(Oc3ccc(-c4cnc(C(C[Si](C)C)NC(=O)C(NC(=O)OC)C5CCOCC5)[nH]4)cc3)c2)[nH]1)C(C)C. The minimum absolute atomic E-state index is 0.0697. The lowest BCUT2D eigenvalue weighted by Crippen LogP contribution is -2.52. The number of carbonyl (C=O) groups excluding carboxylic acids is 4. The number of nitrogens with zero attached hydrogens (tertiary/aromatic N) is 3. The predicted octanol–water partition coefficient (Wildman–Crippen LogP) is 6.37. The number of benzene rings is 2. The molecule has 1 radical (unpaired) electrons. The third-order valence-corrected chi connectivity index (χ3v) is 11.9. The van der Waals surface area contributed by atoms with Crippen molar-refractivity contribution < 1.29 is 38.1 Å². The number of likely N-dealkylation sites (tertiary alicyclic amines) is 1. The Kier molecular flexibility index (Phi) is 14.4. The quantitative estimate of drug-likeness (QED) is 0.0839. The normalized spacial score (nSPS) is 17.3. The number of aromatic amines is 2. The van der Waals surface area contributed by atoms with Gasteiger partial charge in [0.15, 0.2) is 0 Å². The van der Waals surface area contributed by atoms with Gasteiger partial charge in [0, 0.05) is 34.1 Å². The van der Waals surface area contributed by atoms with E-state index in [0.29, 0.717) is 55.7 Å². The molecule has 2 aromatic heterocycles. The Hall–Kier alpha value is -5.68. The first-order chi connectivity index (χ1) is 28.4. The lowest BCUT2D eigenvalue weighted by Gasteiger charge is -2.31. The van der Waals surface area contributed by atoms with Gasteiger partial charge in [-0.3, -0.25) is 9.59 Å². The fraction of sp³-hybridized carbons (Fsp3) is 0.476. The fourth-order valence-corrected chi connectivity index (χ4v) is 8.70. The molecule has 16 nitrogen and oxygen atoms in total. The van der Waals surface area contributed by atoms with Crippen LogP contribution < -0.4 is 20.7 Å². The second-order valence-corrected chi connectivity index (χ2v) is 18.4. The largest absolute Gasteiger partial charge is 0.457 e. The van der Waals surface area contributed by atoms with Gasteiger partial charge < -0.3 is 49.8 Å². The van der Waals surface area contributed by atoms with Gasteiger partial charge in [-0.2, -0.15) is 0 Å². The number of imidazole rings is 2. The summed E-state index contributed by atoms with van der Waals surface area (Å²) in [5.41, 5.74) is 3.35. The number of methoxy groups -OCH3 is 2. The number of nitrogens with one attached hydrogen (secondary N) is 5. The zero-order chi connectivity index (χ0) is 42.1. The maximum Gasteiger partial charge on any atom is 0.407 e. The van der Waals surface area contributed by atoms with Crippen LogP contribution in [0.3, 0.4) is 0 Å². The van der Waals surface area contributed by atoms with Crippen LogP contribution in [0.4, 0.5) is 9.59 Å². The first kappa shape index (κ1) is 42.9. The Balaban J connectivity index is 1.11. The van der Waals surface area contributed by atoms with E-state index in [1.54, 1.807) is 17.3 Å². The molecule has 6 rings (SSSR count). The highest BCUT2D eigenvalue weighted by Crippen LogP contribution is 2.34. The number of H-pyrrole nitrogens is 2. The van der Waals surface area contributed by atoms with Gasteiger partial charge in [-0.25, -0.2) is 19.6 Å². The van der Waals surface area contributed by atoms with Crippen molar-refractivity contribution in [1.29, 1.82) is 0 Å². The van der Waals surface area contributed by atoms with E-state index in [9.17, 15) is 19.2 Å². The number of ether oxygens (including phenoxy) is 4. The number of aromatic nitrogens is 4. The lowest BCUT2D eigenvalue weighted by atomic mass is 9.91. The van der Waals surface area contributed by atoms with Crippen LogP contribution in [-0.4, -0.2) is 104 Å². The number of hydrogen-bond donors (Lipinski definition) is 5. The zero-order valence-corrected chi connectivity index (χ0v) is 35.5. The van der Waals surface area contributed by atoms with Crippen molar-refractivity contribution >= 4 is 32.8 Å². The summed E-state index contributed by atoms with van der Waals surface area (Å²) >= 11 is 0. The summed E-state index contributed by atoms with van der Waals surface area (Å²) < 4.78 is 21.3. The third-order valence-electron chi connectivity index (χ3n) is 10.7. The summed E-state index contributed by atoms with van der Waals surface area (Å²) in [6, 6.07) is 14.0. The monoisotopic (exact) mass is 827 g/mol. The average Bonchev–Trinajstić information content (AvgIpc) is 4.04. The zero-order valence-electron chi connectivity index (χ0n) is 34.5. The Morgan fingerprint density at radius 2 is 1.56 bits per heavy atom. The molecule has 4 heterocycles. The molecule has 4 unspecified atom stereocenters. The van der Waals surface area contributed by atoms with Crippen LogP contribution >= 0.6 is 0 Å². The third kappa shape index (κ3) is 10.9. The Morgan fingerprint density at radius 1 is 0.864 bits per heavy atom. The number of alkyl carbamates (subject to hydrolysis) is 2. The van der Waals surface area contributed by atoms with Crippen molar-refractivity contribution in [1.82, 2.24) is 40.8 Å². The Morgan fingerprint density at radius 3 is 2.25 bits per heavy atom. The van der Waals surface area contributed by atoms with Crippen LogP contribution in [0.1, 0.15) is 63.3 Å². The van der Waals surface area contributed by atoms with Crippen molar-refractivity contribution in [2.45, 2.75) is 82.8 Å². The van der Waals surface area contributed by atoms with Gasteiger partial charge in [-0.1, -0.05) is 39.1 Å². The smallest absolute Gasteiger partial charge is 0.407 e. The summed E-state index contributed by atoms with van der Waals surface area (Å²) in [5.74, 6) is 1.98. The van der Waals surface area contributed by atoms with E-state index in [4.69, 9.17) is 18.9 Å². The molecule has 2 fully saturated rings. The molecule has 0 saturated carbocycles. The van der Waals surface area contributed by atoms with Crippen LogP contribution in [-0.2, 0) is 23.8 Å². The molecule has 4 amide bonds. The van der Waals surface area contributed by atoms with Gasteiger partial charge >= 0.3 is 12.2 Å². The van der Waals surface area contributed by atoms with Gasteiger partial charge in [0.05, 0.1) is 50.1 Å². The van der Waals surface area contributed by atoms with Gasteiger partial charge in [-0.05, 0) is 85.5 Å². The highest BCUT2D eigenvalue weighted by atomic mass is 28.3. The van der Waals surface area contributed by atoms with E-state index >= 15 is 0 Å². The van der Waals surface area contributed by atoms with Crippen LogP contribution in [0, 0.1) is 11.8 Å². The number of rotatable bonds is 15. The topological polar surface area (TPSA) is 202 Å². The fourth-order valence-electron chi connectivity index (χ4n) is 7.59. The van der Waals surface area contributed by atoms with Gasteiger partial charge in [-0.15, -0.1) is 0 Å². The van der Waals surface area contributed by atoms with Crippen molar-refractivity contribution in [3.63, 3.8) is 0 Å². The molecule has 4 atom stereocenters. The summed E-state index contributed by atoms with van der Waals surface area (Å²) in [7, 11) is 1.78. The minimum atomic E-state index is -0.789. The van der Waals surface area contributed by atoms with Crippen molar-refractivity contribution in [2.24, 2.45) is 11.8 Å². The Bertz CT molecular complexity index is 2050. The maximum absolute atomic E-state index is 13.7. The number of hydrogen-bond acceptors (Lipinski definition) is 10. The van der Waals surface area contributed by atoms with Crippen molar-refractivity contribution in [2.75, 3.05) is 34.0 Å². The molecular formula is C42H55N8O8Si. The first-order valence-electron chi connectivity index (χ1n) is 20.1. The molecule has 0 bridgehead atoms. The highest BCUT2D eigenvalue weighted by molar-refractivity contribution is 6.55. The van der Waals surface area contributed by atoms with Gasteiger partial charge in [0.1, 0.15) is 35.2 Å². The van der Waals surface area contributed by atoms with Gasteiger partial charge in [0.25, 0.3) is 0 Å². The van der Waals surface area contributed by atoms with Crippen LogP contribution in [0.15, 0.2) is 60.9 Å². The molecule has 0 spiro atoms. The maximum atomic E-state index is 13.7. The minimum Gasteiger partial charge on any atom is -0.457 e. The number of amides is 4. The summed E-state index contributed by atoms with van der Waals surface area (Å²) in [4.78, 5) is 69.4. The molecule has 2 aromatic carbocycles. The molecule has 2 aliphatic rings. The molecule has 0 aliphatic carbocycles. The molecule has 5 N–H and O–H groups in total. The Labute approximate surface area is 346 Å². The predicted molar refractivity (Wildman–Crippen MR) is 222 cm³/mol. The molecule has 2 saturated heterocycles. The molecule has 17 heteroatoms. The molecule has 59 heavy (non-hydrogen) atoms. The van der Waals surface area contributed by atoms with Crippen LogP contribution in [0.25, 0.3) is 22.5 Å². The second-order valence-electron chi connectivity index (χ2n) is 15.6. The van der Waals surface area contributed by atoms with E-state index in [2.05, 4.69) is 49.0 Å². The van der Waals surface area contributed by atoms with E-state index < -0.39 is 33.1 Å². The second kappa shape index (κ2) is 19.8. The van der Waals surface area contributed by atoms with E-state index in [1.807, 2.05) is 62.4 Å². The van der Waals surface area contributed by atoms with Crippen molar-refractivity contribution in [3.8, 4) is 34.0 Å². The molecule has 315 valence electrons. The highest BCUT2D eigenvalue weighted by Gasteiger charge is 2.38. The van der Waals surface area contributed by atoms with E-state index in [0.717, 1.165) is 41.4 Å². The summed E-state index contributed by atoms with van der Waals surface area (Å²) in [6.07, 6.45) is 5.14. The van der Waals surface area contributed by atoms with Crippen LogP contribution in [0.2, 0.25) is 19.1 Å². The average molecular weight is 828 g/mol. The molecular weight excluding hydrogens is 773 g/mol. The molecule has 2 aliphatic heterocycles. The lowest BCUT2D eigenvalue weighted by molar-refractivity contribution is -0.135. The van der Waals surface area contributed by atoms with Crippen LogP contribution in [0.5, 0.6) is 11.5 Å². The van der Waals surface area contributed by atoms with Crippen molar-refractivity contribution in [3.05, 3.63) is 72.6 Å². The van der Waals surface area contributed by atoms with E-state index in [1.165, 1.54) is 14.2 Å².